The third kappa shape index (κ3) is 2.41. The van der Waals surface area contributed by atoms with E-state index < -0.39 is 0 Å². The maximum absolute atomic E-state index is 10.2. The molecule has 0 aliphatic heterocycles. The zero-order valence-corrected chi connectivity index (χ0v) is 8.55. The first-order valence-electron chi connectivity index (χ1n) is 4.65. The third-order valence-electron chi connectivity index (χ3n) is 2.48. The van der Waals surface area contributed by atoms with Gasteiger partial charge in [-0.3, -0.25) is 0 Å². The number of carbonyl (C=O) groups excluding carboxylic acids is 1. The van der Waals surface area contributed by atoms with Crippen LogP contribution in [0, 0.1) is 20.8 Å². The van der Waals surface area contributed by atoms with Crippen LogP contribution in [0.3, 0.4) is 0 Å². The minimum atomic E-state index is 0.628. The van der Waals surface area contributed by atoms with Crippen molar-refractivity contribution in [3.63, 3.8) is 0 Å². The summed E-state index contributed by atoms with van der Waals surface area (Å²) in [4.78, 5) is 10.2. The molecule has 0 fully saturated rings. The summed E-state index contributed by atoms with van der Waals surface area (Å²) >= 11 is 0. The second-order valence-electron chi connectivity index (χ2n) is 3.57. The average Bonchev–Trinajstić information content (AvgIpc) is 2.09. The topological polar surface area (TPSA) is 17.1 Å². The van der Waals surface area contributed by atoms with E-state index in [-0.39, 0.29) is 0 Å². The van der Waals surface area contributed by atoms with Crippen LogP contribution in [0.4, 0.5) is 0 Å². The van der Waals surface area contributed by atoms with Gasteiger partial charge in [0, 0.05) is 6.42 Å². The Labute approximate surface area is 79.8 Å². The Bertz CT molecular complexity index is 313. The lowest BCUT2D eigenvalue weighted by Gasteiger charge is -2.07. The highest BCUT2D eigenvalue weighted by Crippen LogP contribution is 2.16. The number of aldehydes is 1. The Hall–Kier alpha value is -1.11. The summed E-state index contributed by atoms with van der Waals surface area (Å²) in [7, 11) is 0. The van der Waals surface area contributed by atoms with Crippen LogP contribution in [-0.4, -0.2) is 6.29 Å². The molecule has 1 aromatic rings. The number of benzene rings is 1. The lowest BCUT2D eigenvalue weighted by molar-refractivity contribution is -0.107. The molecule has 70 valence electrons. The van der Waals surface area contributed by atoms with Gasteiger partial charge in [0.2, 0.25) is 0 Å². The molecule has 0 radical (unpaired) electrons. The first-order valence-corrected chi connectivity index (χ1v) is 4.65. The largest absolute Gasteiger partial charge is 0.303 e. The first kappa shape index (κ1) is 9.97. The van der Waals surface area contributed by atoms with E-state index >= 15 is 0 Å². The van der Waals surface area contributed by atoms with E-state index in [0.29, 0.717) is 6.42 Å². The van der Waals surface area contributed by atoms with Crippen LogP contribution >= 0.6 is 0 Å². The van der Waals surface area contributed by atoms with Crippen molar-refractivity contribution in [1.82, 2.24) is 0 Å². The number of carbonyl (C=O) groups is 1. The number of aryl methyl sites for hydroxylation is 4. The molecule has 0 heterocycles. The third-order valence-corrected chi connectivity index (χ3v) is 2.48. The second kappa shape index (κ2) is 4.22. The molecule has 0 saturated heterocycles. The maximum Gasteiger partial charge on any atom is 0.120 e. The van der Waals surface area contributed by atoms with E-state index in [1.54, 1.807) is 0 Å². The molecule has 0 spiro atoms. The van der Waals surface area contributed by atoms with E-state index in [4.69, 9.17) is 0 Å². The molecule has 1 nitrogen and oxygen atoms in total. The van der Waals surface area contributed by atoms with Crippen LogP contribution < -0.4 is 0 Å². The molecule has 13 heavy (non-hydrogen) atoms. The molecular formula is C12H16O. The highest BCUT2D eigenvalue weighted by atomic mass is 16.1. The maximum atomic E-state index is 10.2. The lowest BCUT2D eigenvalue weighted by atomic mass is 9.98. The Morgan fingerprint density at radius 2 is 1.69 bits per heavy atom. The predicted octanol–water partition coefficient (Wildman–Crippen LogP) is 2.74. The van der Waals surface area contributed by atoms with Gasteiger partial charge in [-0.25, -0.2) is 0 Å². The summed E-state index contributed by atoms with van der Waals surface area (Å²) in [5.41, 5.74) is 5.24. The van der Waals surface area contributed by atoms with E-state index in [1.807, 2.05) is 0 Å². The molecule has 0 atom stereocenters. The smallest absolute Gasteiger partial charge is 0.120 e. The fraction of sp³-hybridized carbons (Fsp3) is 0.417. The minimum Gasteiger partial charge on any atom is -0.303 e. The molecular weight excluding hydrogens is 160 g/mol. The average molecular weight is 176 g/mol. The van der Waals surface area contributed by atoms with E-state index in [9.17, 15) is 4.79 Å². The van der Waals surface area contributed by atoms with Gasteiger partial charge in [-0.1, -0.05) is 12.1 Å². The molecule has 1 rings (SSSR count). The predicted molar refractivity (Wildman–Crippen MR) is 55.0 cm³/mol. The number of rotatable bonds is 3. The lowest BCUT2D eigenvalue weighted by Crippen LogP contribution is -1.93. The van der Waals surface area contributed by atoms with Gasteiger partial charge in [-0.2, -0.15) is 0 Å². The van der Waals surface area contributed by atoms with E-state index in [0.717, 1.165) is 12.7 Å². The van der Waals surface area contributed by atoms with Gasteiger partial charge in [0.05, 0.1) is 0 Å². The van der Waals surface area contributed by atoms with Crippen molar-refractivity contribution in [2.24, 2.45) is 0 Å². The fourth-order valence-electron chi connectivity index (χ4n) is 1.50. The highest BCUT2D eigenvalue weighted by Gasteiger charge is 2.00. The monoisotopic (exact) mass is 176 g/mol. The molecule has 0 N–H and O–H groups in total. The van der Waals surface area contributed by atoms with Gasteiger partial charge in [0.1, 0.15) is 6.29 Å². The van der Waals surface area contributed by atoms with Crippen molar-refractivity contribution in [3.05, 3.63) is 34.4 Å². The molecule has 0 unspecified atom stereocenters. The van der Waals surface area contributed by atoms with Crippen LogP contribution in [0.15, 0.2) is 12.1 Å². The van der Waals surface area contributed by atoms with Crippen molar-refractivity contribution in [3.8, 4) is 0 Å². The zero-order valence-electron chi connectivity index (χ0n) is 8.55. The minimum absolute atomic E-state index is 0.628. The number of hydrogen-bond acceptors (Lipinski definition) is 1. The van der Waals surface area contributed by atoms with Crippen molar-refractivity contribution in [2.75, 3.05) is 0 Å². The van der Waals surface area contributed by atoms with Crippen LogP contribution in [0.5, 0.6) is 0 Å². The molecule has 0 aliphatic rings. The summed E-state index contributed by atoms with van der Waals surface area (Å²) in [5.74, 6) is 0. The van der Waals surface area contributed by atoms with Gasteiger partial charge >= 0.3 is 0 Å². The van der Waals surface area contributed by atoms with Crippen LogP contribution in [0.1, 0.15) is 28.7 Å². The quantitative estimate of drug-likeness (QED) is 0.647. The van der Waals surface area contributed by atoms with Crippen molar-refractivity contribution in [1.29, 1.82) is 0 Å². The van der Waals surface area contributed by atoms with Crippen molar-refractivity contribution < 1.29 is 4.79 Å². The SMILES string of the molecule is Cc1cc(C)c(CCC=O)cc1C. The van der Waals surface area contributed by atoms with Gasteiger partial charge in [0.25, 0.3) is 0 Å². The Morgan fingerprint density at radius 1 is 1.08 bits per heavy atom. The van der Waals surface area contributed by atoms with Gasteiger partial charge in [-0.05, 0) is 49.4 Å². The first-order chi connectivity index (χ1) is 6.15. The molecule has 0 saturated carbocycles. The zero-order chi connectivity index (χ0) is 9.84. The van der Waals surface area contributed by atoms with Crippen molar-refractivity contribution in [2.45, 2.75) is 33.6 Å². The van der Waals surface area contributed by atoms with Gasteiger partial charge in [-0.15, -0.1) is 0 Å². The number of hydrogen-bond donors (Lipinski definition) is 0. The molecule has 0 aliphatic carbocycles. The highest BCUT2D eigenvalue weighted by molar-refractivity contribution is 5.50. The second-order valence-corrected chi connectivity index (χ2v) is 3.57. The van der Waals surface area contributed by atoms with E-state index in [2.05, 4.69) is 32.9 Å². The molecule has 1 aromatic carbocycles. The normalized spacial score (nSPS) is 10.1. The van der Waals surface area contributed by atoms with Crippen LogP contribution in [0.25, 0.3) is 0 Å². The summed E-state index contributed by atoms with van der Waals surface area (Å²) in [6.45, 7) is 6.33. The Balaban J connectivity index is 2.94. The standard InChI is InChI=1S/C12H16O/c1-9-7-11(3)12(5-4-6-13)8-10(9)2/h6-8H,4-5H2,1-3H3. The van der Waals surface area contributed by atoms with Crippen molar-refractivity contribution >= 4 is 6.29 Å². The summed E-state index contributed by atoms with van der Waals surface area (Å²) < 4.78 is 0. The summed E-state index contributed by atoms with van der Waals surface area (Å²) in [5, 5.41) is 0. The molecule has 0 aromatic heterocycles. The van der Waals surface area contributed by atoms with Crippen LogP contribution in [0.2, 0.25) is 0 Å². The molecule has 1 heteroatoms. The Kier molecular flexibility index (Phi) is 3.24. The molecule has 0 bridgehead atoms. The van der Waals surface area contributed by atoms with Crippen LogP contribution in [-0.2, 0) is 11.2 Å². The summed E-state index contributed by atoms with van der Waals surface area (Å²) in [6.07, 6.45) is 2.48. The fourth-order valence-corrected chi connectivity index (χ4v) is 1.50. The summed E-state index contributed by atoms with van der Waals surface area (Å²) in [6, 6.07) is 4.38. The van der Waals surface area contributed by atoms with Gasteiger partial charge < -0.3 is 4.79 Å². The molecule has 0 amide bonds. The van der Waals surface area contributed by atoms with Gasteiger partial charge in [0.15, 0.2) is 0 Å². The van der Waals surface area contributed by atoms with E-state index in [1.165, 1.54) is 22.3 Å². The Morgan fingerprint density at radius 3 is 2.31 bits per heavy atom.